The number of methoxy groups -OCH3 is 1. The number of halogens is 3. The molecule has 2 aromatic rings. The molecular formula is C24H23F3N4O4S. The second-order valence-electron chi connectivity index (χ2n) is 8.16. The Hall–Kier alpha value is -3.51. The number of alkyl halides is 3. The maximum Gasteiger partial charge on any atom is 0.416 e. The van der Waals surface area contributed by atoms with Crippen LogP contribution in [0.25, 0.3) is 6.08 Å². The molecule has 0 unspecified atom stereocenters. The smallest absolute Gasteiger partial charge is 0.416 e. The van der Waals surface area contributed by atoms with Crippen LogP contribution in [-0.2, 0) is 15.7 Å². The lowest BCUT2D eigenvalue weighted by atomic mass is 10.1. The fourth-order valence-electron chi connectivity index (χ4n) is 3.79. The standard InChI is InChI=1S/C24H23F3N4O4S/c1-29-18-14-16(21(32)28-31-11-9-30(10-12-31)23(34)35-2)5-8-19(18)36-20(22(29)33)13-15-3-6-17(7-4-15)24(25,26)27/h3-8,13-14H,9-12H2,1-2H3,(H,28,32)/b20-13-. The number of likely N-dealkylation sites (N-methyl/N-ethyl adjacent to an activating group) is 1. The van der Waals surface area contributed by atoms with E-state index in [1.807, 2.05) is 0 Å². The van der Waals surface area contributed by atoms with Crippen LogP contribution in [0.3, 0.4) is 0 Å². The van der Waals surface area contributed by atoms with Gasteiger partial charge in [-0.1, -0.05) is 23.9 Å². The van der Waals surface area contributed by atoms with E-state index in [9.17, 15) is 27.6 Å². The van der Waals surface area contributed by atoms with E-state index >= 15 is 0 Å². The third-order valence-electron chi connectivity index (χ3n) is 5.83. The van der Waals surface area contributed by atoms with E-state index in [-0.39, 0.29) is 11.8 Å². The molecule has 2 aliphatic heterocycles. The zero-order valence-corrected chi connectivity index (χ0v) is 20.3. The highest BCUT2D eigenvalue weighted by molar-refractivity contribution is 8.04. The summed E-state index contributed by atoms with van der Waals surface area (Å²) >= 11 is 1.19. The summed E-state index contributed by atoms with van der Waals surface area (Å²) in [6, 6.07) is 9.58. The van der Waals surface area contributed by atoms with Crippen LogP contribution in [0.15, 0.2) is 52.3 Å². The Bertz CT molecular complexity index is 1210. The molecule has 36 heavy (non-hydrogen) atoms. The highest BCUT2D eigenvalue weighted by Crippen LogP contribution is 2.42. The summed E-state index contributed by atoms with van der Waals surface area (Å²) in [6.45, 7) is 1.72. The Morgan fingerprint density at radius 3 is 2.33 bits per heavy atom. The van der Waals surface area contributed by atoms with Gasteiger partial charge in [0.1, 0.15) is 0 Å². The number of ether oxygens (including phenoxy) is 1. The van der Waals surface area contributed by atoms with Crippen LogP contribution in [0, 0.1) is 0 Å². The van der Waals surface area contributed by atoms with Gasteiger partial charge in [0.25, 0.3) is 11.8 Å². The van der Waals surface area contributed by atoms with E-state index in [4.69, 9.17) is 4.74 Å². The summed E-state index contributed by atoms with van der Waals surface area (Å²) < 4.78 is 43.1. The SMILES string of the molecule is COC(=O)N1CCN(NC(=O)c2ccc3c(c2)N(C)C(=O)/C(=C/c2ccc(C(F)(F)F)cc2)S3)CC1. The predicted molar refractivity (Wildman–Crippen MR) is 128 cm³/mol. The maximum absolute atomic E-state index is 12.9. The summed E-state index contributed by atoms with van der Waals surface area (Å²) in [5, 5.41) is 1.72. The summed E-state index contributed by atoms with van der Waals surface area (Å²) in [7, 11) is 2.90. The number of hydrazine groups is 1. The molecule has 0 aliphatic carbocycles. The highest BCUT2D eigenvalue weighted by Gasteiger charge is 2.31. The lowest BCUT2D eigenvalue weighted by molar-refractivity contribution is -0.137. The third kappa shape index (κ3) is 5.49. The molecule has 0 saturated carbocycles. The van der Waals surface area contributed by atoms with Gasteiger partial charge in [-0.3, -0.25) is 15.0 Å². The molecular weight excluding hydrogens is 497 g/mol. The number of amides is 3. The second kappa shape index (κ2) is 10.2. The Kier molecular flexibility index (Phi) is 7.27. The molecule has 0 aromatic heterocycles. The molecule has 8 nitrogen and oxygen atoms in total. The Balaban J connectivity index is 1.45. The molecule has 2 heterocycles. The number of hydrogen-bond acceptors (Lipinski definition) is 6. The molecule has 2 aromatic carbocycles. The van der Waals surface area contributed by atoms with E-state index in [1.165, 1.54) is 35.9 Å². The van der Waals surface area contributed by atoms with Gasteiger partial charge in [-0.15, -0.1) is 0 Å². The number of piperazine rings is 1. The van der Waals surface area contributed by atoms with E-state index in [0.29, 0.717) is 47.9 Å². The molecule has 1 N–H and O–H groups in total. The first-order valence-corrected chi connectivity index (χ1v) is 11.8. The monoisotopic (exact) mass is 520 g/mol. The van der Waals surface area contributed by atoms with Crippen LogP contribution >= 0.6 is 11.8 Å². The first-order valence-electron chi connectivity index (χ1n) is 10.9. The van der Waals surface area contributed by atoms with Gasteiger partial charge in [0.15, 0.2) is 0 Å². The van der Waals surface area contributed by atoms with E-state index < -0.39 is 17.8 Å². The first-order chi connectivity index (χ1) is 17.1. The summed E-state index contributed by atoms with van der Waals surface area (Å²) in [4.78, 5) is 41.4. The van der Waals surface area contributed by atoms with E-state index in [0.717, 1.165) is 17.0 Å². The molecule has 1 fully saturated rings. The molecule has 0 radical (unpaired) electrons. The minimum absolute atomic E-state index is 0.330. The summed E-state index contributed by atoms with van der Waals surface area (Å²) in [5.74, 6) is -0.676. The molecule has 2 aliphatic rings. The van der Waals surface area contributed by atoms with Crippen molar-refractivity contribution in [2.24, 2.45) is 0 Å². The lowest BCUT2D eigenvalue weighted by Crippen LogP contribution is -2.54. The van der Waals surface area contributed by atoms with Crippen molar-refractivity contribution < 1.29 is 32.3 Å². The lowest BCUT2D eigenvalue weighted by Gasteiger charge is -2.33. The fraction of sp³-hybridized carbons (Fsp3) is 0.292. The van der Waals surface area contributed by atoms with Gasteiger partial charge in [-0.25, -0.2) is 9.80 Å². The average molecular weight is 521 g/mol. The molecule has 0 bridgehead atoms. The van der Waals surface area contributed by atoms with Crippen molar-refractivity contribution in [2.75, 3.05) is 45.2 Å². The molecule has 0 spiro atoms. The van der Waals surface area contributed by atoms with E-state index in [1.54, 1.807) is 41.2 Å². The van der Waals surface area contributed by atoms with Crippen molar-refractivity contribution >= 4 is 41.4 Å². The summed E-state index contributed by atoms with van der Waals surface area (Å²) in [6.07, 6.45) is -3.30. The number of nitrogens with zero attached hydrogens (tertiary/aromatic N) is 3. The molecule has 12 heteroatoms. The van der Waals surface area contributed by atoms with Crippen molar-refractivity contribution in [1.82, 2.24) is 15.3 Å². The first kappa shape index (κ1) is 25.6. The van der Waals surface area contributed by atoms with Crippen LogP contribution in [0.4, 0.5) is 23.7 Å². The van der Waals surface area contributed by atoms with Crippen LogP contribution < -0.4 is 10.3 Å². The predicted octanol–water partition coefficient (Wildman–Crippen LogP) is 3.84. The molecule has 3 amide bonds. The minimum Gasteiger partial charge on any atom is -0.453 e. The quantitative estimate of drug-likeness (QED) is 0.620. The summed E-state index contributed by atoms with van der Waals surface area (Å²) in [5.41, 5.74) is 3.44. The van der Waals surface area contributed by atoms with Crippen LogP contribution in [0.2, 0.25) is 0 Å². The minimum atomic E-state index is -4.43. The number of anilines is 1. The average Bonchev–Trinajstić information content (AvgIpc) is 2.86. The number of fused-ring (bicyclic) bond motifs is 1. The number of rotatable bonds is 3. The van der Waals surface area contributed by atoms with E-state index in [2.05, 4.69) is 5.43 Å². The number of nitrogens with one attached hydrogen (secondary N) is 1. The largest absolute Gasteiger partial charge is 0.453 e. The van der Waals surface area contributed by atoms with Crippen molar-refractivity contribution in [3.8, 4) is 0 Å². The van der Waals surface area contributed by atoms with Gasteiger partial charge < -0.3 is 14.5 Å². The number of carbonyl (C=O) groups is 3. The number of hydrogen-bond donors (Lipinski definition) is 1. The van der Waals surface area contributed by atoms with Crippen molar-refractivity contribution in [1.29, 1.82) is 0 Å². The maximum atomic E-state index is 12.9. The Morgan fingerprint density at radius 1 is 1.06 bits per heavy atom. The number of carbonyl (C=O) groups excluding carboxylic acids is 3. The second-order valence-corrected chi connectivity index (χ2v) is 9.25. The number of thioether (sulfide) groups is 1. The fourth-order valence-corrected chi connectivity index (χ4v) is 4.89. The van der Waals surface area contributed by atoms with Gasteiger partial charge in [0.05, 0.1) is 23.3 Å². The highest BCUT2D eigenvalue weighted by atomic mass is 32.2. The normalized spacial score (nSPS) is 17.7. The Labute approximate surface area is 209 Å². The van der Waals surface area contributed by atoms with Crippen molar-refractivity contribution in [2.45, 2.75) is 11.1 Å². The Morgan fingerprint density at radius 2 is 1.72 bits per heavy atom. The van der Waals surface area contributed by atoms with Gasteiger partial charge in [-0.2, -0.15) is 13.2 Å². The topological polar surface area (TPSA) is 82.2 Å². The zero-order chi connectivity index (χ0) is 26.0. The molecule has 1 saturated heterocycles. The van der Waals surface area contributed by atoms with Gasteiger partial charge >= 0.3 is 12.3 Å². The van der Waals surface area contributed by atoms with Gasteiger partial charge in [0, 0.05) is 43.7 Å². The van der Waals surface area contributed by atoms with Gasteiger partial charge in [0.2, 0.25) is 0 Å². The van der Waals surface area contributed by atoms with Gasteiger partial charge in [-0.05, 0) is 42.0 Å². The molecule has 4 rings (SSSR count). The van der Waals surface area contributed by atoms with Crippen molar-refractivity contribution in [3.63, 3.8) is 0 Å². The third-order valence-corrected chi connectivity index (χ3v) is 6.90. The molecule has 0 atom stereocenters. The van der Waals surface area contributed by atoms with Crippen LogP contribution in [0.1, 0.15) is 21.5 Å². The van der Waals surface area contributed by atoms with Crippen LogP contribution in [0.5, 0.6) is 0 Å². The van der Waals surface area contributed by atoms with Crippen LogP contribution in [-0.4, -0.2) is 68.2 Å². The van der Waals surface area contributed by atoms with Crippen molar-refractivity contribution in [3.05, 3.63) is 64.1 Å². The molecule has 190 valence electrons. The number of benzene rings is 2. The zero-order valence-electron chi connectivity index (χ0n) is 19.5.